The molecule has 0 fully saturated rings. The minimum Gasteiger partial charge on any atom is -0.480 e. The number of nitrogens with two attached hydrogens (primary N) is 1. The molecule has 0 saturated carbocycles. The molecule has 0 rings (SSSR count). The first kappa shape index (κ1) is 26.8. The molecule has 0 aliphatic heterocycles. The molecule has 5 atom stereocenters. The van der Waals surface area contributed by atoms with Crippen molar-refractivity contribution in [1.29, 1.82) is 0 Å². The van der Waals surface area contributed by atoms with Crippen LogP contribution in [0.25, 0.3) is 0 Å². The topological polar surface area (TPSA) is 151 Å². The molecule has 29 heavy (non-hydrogen) atoms. The molecule has 9 heteroatoms. The molecule has 9 nitrogen and oxygen atoms in total. The second-order valence-electron chi connectivity index (χ2n) is 8.40. The van der Waals surface area contributed by atoms with E-state index in [1.54, 1.807) is 0 Å². The van der Waals surface area contributed by atoms with E-state index in [9.17, 15) is 24.3 Å². The number of carbonyl (C=O) groups is 4. The van der Waals surface area contributed by atoms with Crippen LogP contribution in [0.15, 0.2) is 0 Å². The maximum absolute atomic E-state index is 12.7. The van der Waals surface area contributed by atoms with E-state index in [1.807, 2.05) is 41.5 Å². The largest absolute Gasteiger partial charge is 0.480 e. The number of carboxylic acids is 1. The van der Waals surface area contributed by atoms with Gasteiger partial charge >= 0.3 is 5.97 Å². The number of nitrogens with one attached hydrogen (secondary N) is 3. The van der Waals surface area contributed by atoms with Gasteiger partial charge in [0.15, 0.2) is 0 Å². The predicted molar refractivity (Wildman–Crippen MR) is 111 cm³/mol. The van der Waals surface area contributed by atoms with E-state index in [-0.39, 0.29) is 24.2 Å². The quantitative estimate of drug-likeness (QED) is 0.316. The van der Waals surface area contributed by atoms with Crippen molar-refractivity contribution >= 4 is 23.7 Å². The Bertz CT molecular complexity index is 579. The summed E-state index contributed by atoms with van der Waals surface area (Å²) in [5.74, 6) is -2.85. The van der Waals surface area contributed by atoms with Gasteiger partial charge in [0.05, 0.1) is 6.04 Å². The van der Waals surface area contributed by atoms with Crippen molar-refractivity contribution in [2.75, 3.05) is 0 Å². The van der Waals surface area contributed by atoms with Crippen LogP contribution in [0.2, 0.25) is 0 Å². The summed E-state index contributed by atoms with van der Waals surface area (Å²) in [6, 6.07) is -3.59. The summed E-state index contributed by atoms with van der Waals surface area (Å²) in [6.45, 7) is 12.5. The summed E-state index contributed by atoms with van der Waals surface area (Å²) >= 11 is 0. The van der Waals surface area contributed by atoms with E-state index in [1.165, 1.54) is 6.92 Å². The van der Waals surface area contributed by atoms with E-state index in [2.05, 4.69) is 16.0 Å². The third-order valence-electron chi connectivity index (χ3n) is 4.89. The molecule has 0 heterocycles. The van der Waals surface area contributed by atoms with Gasteiger partial charge in [0, 0.05) is 0 Å². The summed E-state index contributed by atoms with van der Waals surface area (Å²) in [6.07, 6.45) is 0.908. The van der Waals surface area contributed by atoms with Crippen molar-refractivity contribution in [1.82, 2.24) is 16.0 Å². The Balaban J connectivity index is 5.12. The highest BCUT2D eigenvalue weighted by atomic mass is 16.4. The van der Waals surface area contributed by atoms with Gasteiger partial charge in [-0.3, -0.25) is 14.4 Å². The molecule has 168 valence electrons. The van der Waals surface area contributed by atoms with Gasteiger partial charge in [-0.1, -0.05) is 48.0 Å². The fourth-order valence-corrected chi connectivity index (χ4v) is 2.61. The van der Waals surface area contributed by atoms with Crippen LogP contribution < -0.4 is 21.7 Å². The Hall–Kier alpha value is -2.16. The van der Waals surface area contributed by atoms with Gasteiger partial charge in [0.2, 0.25) is 17.7 Å². The third-order valence-corrected chi connectivity index (χ3v) is 4.89. The van der Waals surface area contributed by atoms with Gasteiger partial charge < -0.3 is 26.8 Å². The smallest absolute Gasteiger partial charge is 0.326 e. The molecular weight excluding hydrogens is 376 g/mol. The molecule has 0 saturated heterocycles. The van der Waals surface area contributed by atoms with Crippen molar-refractivity contribution < 1.29 is 24.3 Å². The van der Waals surface area contributed by atoms with Crippen LogP contribution >= 0.6 is 0 Å². The van der Waals surface area contributed by atoms with E-state index >= 15 is 0 Å². The van der Waals surface area contributed by atoms with Crippen molar-refractivity contribution in [2.24, 2.45) is 23.5 Å². The normalized spacial score (nSPS) is 16.5. The number of carbonyl (C=O) groups excluding carboxylic acids is 3. The zero-order valence-electron chi connectivity index (χ0n) is 18.6. The lowest BCUT2D eigenvalue weighted by Crippen LogP contribution is -2.58. The van der Waals surface area contributed by atoms with Gasteiger partial charge in [-0.05, 0) is 31.1 Å². The maximum Gasteiger partial charge on any atom is 0.326 e. The SMILES string of the molecule is CCC(C)C(NC(=O)C(N)C(C)C)C(=O)NC(C)C(=O)NC(CC(C)C)C(=O)O. The molecule has 0 aromatic heterocycles. The zero-order chi connectivity index (χ0) is 22.9. The van der Waals surface area contributed by atoms with Gasteiger partial charge in [0.25, 0.3) is 0 Å². The second-order valence-corrected chi connectivity index (χ2v) is 8.40. The lowest BCUT2D eigenvalue weighted by atomic mass is 9.96. The van der Waals surface area contributed by atoms with Crippen LogP contribution in [0.4, 0.5) is 0 Å². The molecule has 0 radical (unpaired) electrons. The highest BCUT2D eigenvalue weighted by Gasteiger charge is 2.31. The van der Waals surface area contributed by atoms with Crippen molar-refractivity contribution in [2.45, 2.75) is 85.5 Å². The molecule has 3 amide bonds. The van der Waals surface area contributed by atoms with Gasteiger partial charge in [0.1, 0.15) is 18.1 Å². The first-order chi connectivity index (χ1) is 13.3. The number of hydrogen-bond donors (Lipinski definition) is 5. The fourth-order valence-electron chi connectivity index (χ4n) is 2.61. The molecule has 6 N–H and O–H groups in total. The Labute approximate surface area is 173 Å². The average molecular weight is 415 g/mol. The van der Waals surface area contributed by atoms with E-state index in [0.717, 1.165) is 0 Å². The Morgan fingerprint density at radius 3 is 1.83 bits per heavy atom. The van der Waals surface area contributed by atoms with Crippen molar-refractivity contribution in [3.8, 4) is 0 Å². The Morgan fingerprint density at radius 1 is 0.862 bits per heavy atom. The van der Waals surface area contributed by atoms with Crippen LogP contribution in [0.3, 0.4) is 0 Å². The first-order valence-corrected chi connectivity index (χ1v) is 10.2. The monoisotopic (exact) mass is 414 g/mol. The summed E-state index contributed by atoms with van der Waals surface area (Å²) < 4.78 is 0. The molecule has 5 unspecified atom stereocenters. The third kappa shape index (κ3) is 9.25. The second kappa shape index (κ2) is 12.4. The Morgan fingerprint density at radius 2 is 1.41 bits per heavy atom. The highest BCUT2D eigenvalue weighted by Crippen LogP contribution is 2.10. The van der Waals surface area contributed by atoms with Crippen molar-refractivity contribution in [3.05, 3.63) is 0 Å². The maximum atomic E-state index is 12.7. The highest BCUT2D eigenvalue weighted by molar-refractivity contribution is 5.94. The van der Waals surface area contributed by atoms with Gasteiger partial charge in [-0.15, -0.1) is 0 Å². The lowest BCUT2D eigenvalue weighted by molar-refractivity contribution is -0.142. The van der Waals surface area contributed by atoms with Crippen LogP contribution in [-0.4, -0.2) is 53.0 Å². The van der Waals surface area contributed by atoms with Crippen molar-refractivity contribution in [3.63, 3.8) is 0 Å². The molecule has 0 aliphatic carbocycles. The van der Waals surface area contributed by atoms with Crippen LogP contribution in [-0.2, 0) is 19.2 Å². The summed E-state index contributed by atoms with van der Waals surface area (Å²) in [5, 5.41) is 17.0. The molecule has 0 aliphatic rings. The number of rotatable bonds is 12. The fraction of sp³-hybridized carbons (Fsp3) is 0.800. The molecule has 0 aromatic carbocycles. The Kier molecular flexibility index (Phi) is 11.5. The zero-order valence-corrected chi connectivity index (χ0v) is 18.6. The van der Waals surface area contributed by atoms with Gasteiger partial charge in [-0.25, -0.2) is 4.79 Å². The van der Waals surface area contributed by atoms with E-state index in [0.29, 0.717) is 6.42 Å². The number of hydrogen-bond acceptors (Lipinski definition) is 5. The molecule has 0 aromatic rings. The molecule has 0 bridgehead atoms. The van der Waals surface area contributed by atoms with Crippen LogP contribution in [0.5, 0.6) is 0 Å². The molecular formula is C20H38N4O5. The van der Waals surface area contributed by atoms with Crippen LogP contribution in [0.1, 0.15) is 61.3 Å². The van der Waals surface area contributed by atoms with E-state index in [4.69, 9.17) is 5.73 Å². The lowest BCUT2D eigenvalue weighted by Gasteiger charge is -2.27. The van der Waals surface area contributed by atoms with Gasteiger partial charge in [-0.2, -0.15) is 0 Å². The average Bonchev–Trinajstić information content (AvgIpc) is 2.62. The predicted octanol–water partition coefficient (Wildman–Crippen LogP) is 0.621. The minimum absolute atomic E-state index is 0.0801. The van der Waals surface area contributed by atoms with E-state index < -0.39 is 47.9 Å². The van der Waals surface area contributed by atoms with Crippen LogP contribution in [0, 0.1) is 17.8 Å². The number of amides is 3. The summed E-state index contributed by atoms with van der Waals surface area (Å²) in [5.41, 5.74) is 5.86. The first-order valence-electron chi connectivity index (χ1n) is 10.2. The molecule has 0 spiro atoms. The standard InChI is InChI=1S/C20H38N4O5/c1-8-12(6)16(24-18(26)15(21)11(4)5)19(27)22-13(7)17(25)23-14(20(28)29)9-10(2)3/h10-16H,8-9,21H2,1-7H3,(H,22,27)(H,23,25)(H,24,26)(H,28,29). The summed E-state index contributed by atoms with van der Waals surface area (Å²) in [4.78, 5) is 48.7. The number of carboxylic acid groups (broad SMARTS) is 1. The minimum atomic E-state index is -1.13. The number of aliphatic carboxylic acids is 1. The summed E-state index contributed by atoms with van der Waals surface area (Å²) in [7, 11) is 0.